The molecule has 1 aliphatic rings. The zero-order chi connectivity index (χ0) is 14.7. The molecule has 0 saturated heterocycles. The van der Waals surface area contributed by atoms with Crippen molar-refractivity contribution in [3.63, 3.8) is 0 Å². The summed E-state index contributed by atoms with van der Waals surface area (Å²) >= 11 is 0. The van der Waals surface area contributed by atoms with E-state index < -0.39 is 0 Å². The van der Waals surface area contributed by atoms with Crippen LogP contribution in [0, 0.1) is 13.8 Å². The van der Waals surface area contributed by atoms with E-state index in [1.54, 1.807) is 0 Å². The molecule has 2 aromatic rings. The van der Waals surface area contributed by atoms with E-state index >= 15 is 0 Å². The molecule has 0 amide bonds. The molecule has 21 heavy (non-hydrogen) atoms. The molecule has 1 fully saturated rings. The Labute approximate surface area is 127 Å². The molecule has 0 unspecified atom stereocenters. The highest BCUT2D eigenvalue weighted by Crippen LogP contribution is 2.20. The van der Waals surface area contributed by atoms with Crippen molar-refractivity contribution < 1.29 is 4.74 Å². The van der Waals surface area contributed by atoms with Crippen LogP contribution in [0.15, 0.2) is 42.5 Å². The quantitative estimate of drug-likeness (QED) is 0.859. The van der Waals surface area contributed by atoms with Crippen molar-refractivity contribution in [2.45, 2.75) is 45.9 Å². The number of nitrogens with one attached hydrogen (secondary N) is 1. The molecule has 110 valence electrons. The van der Waals surface area contributed by atoms with E-state index in [2.05, 4.69) is 61.6 Å². The molecule has 2 nitrogen and oxygen atoms in total. The van der Waals surface area contributed by atoms with Crippen molar-refractivity contribution in [2.24, 2.45) is 0 Å². The van der Waals surface area contributed by atoms with Crippen molar-refractivity contribution in [3.05, 3.63) is 64.7 Å². The Balaban J connectivity index is 1.53. The van der Waals surface area contributed by atoms with Crippen LogP contribution in [0.3, 0.4) is 0 Å². The van der Waals surface area contributed by atoms with Gasteiger partial charge in [0.2, 0.25) is 0 Å². The maximum Gasteiger partial charge on any atom is 0.119 e. The predicted molar refractivity (Wildman–Crippen MR) is 86.6 cm³/mol. The lowest BCUT2D eigenvalue weighted by molar-refractivity contribution is 0.306. The summed E-state index contributed by atoms with van der Waals surface area (Å²) in [4.78, 5) is 0. The van der Waals surface area contributed by atoms with Gasteiger partial charge in [0.05, 0.1) is 0 Å². The molecule has 2 aromatic carbocycles. The largest absolute Gasteiger partial charge is 0.489 e. The summed E-state index contributed by atoms with van der Waals surface area (Å²) in [5, 5.41) is 3.52. The maximum atomic E-state index is 5.86. The molecule has 0 radical (unpaired) electrons. The monoisotopic (exact) mass is 281 g/mol. The standard InChI is InChI=1S/C19H23NO/c1-14-3-4-17(11-15(14)2)13-21-19-9-5-16(6-10-19)12-20-18-7-8-18/h3-6,9-11,18,20H,7-8,12-13H2,1-2H3. The third-order valence-corrected chi connectivity index (χ3v) is 4.07. The van der Waals surface area contributed by atoms with E-state index in [-0.39, 0.29) is 0 Å². The lowest BCUT2D eigenvalue weighted by Gasteiger charge is -2.09. The number of benzene rings is 2. The summed E-state index contributed by atoms with van der Waals surface area (Å²) in [6.45, 7) is 5.86. The lowest BCUT2D eigenvalue weighted by atomic mass is 10.1. The van der Waals surface area contributed by atoms with Crippen LogP contribution < -0.4 is 10.1 Å². The predicted octanol–water partition coefficient (Wildman–Crippen LogP) is 4.13. The summed E-state index contributed by atoms with van der Waals surface area (Å²) < 4.78 is 5.86. The maximum absolute atomic E-state index is 5.86. The number of rotatable bonds is 6. The fourth-order valence-electron chi connectivity index (χ4n) is 2.31. The highest BCUT2D eigenvalue weighted by atomic mass is 16.5. The molecule has 0 aliphatic heterocycles. The minimum Gasteiger partial charge on any atom is -0.489 e. The number of ether oxygens (including phenoxy) is 1. The second kappa shape index (κ2) is 6.31. The summed E-state index contributed by atoms with van der Waals surface area (Å²) in [6.07, 6.45) is 2.66. The van der Waals surface area contributed by atoms with Crippen LogP contribution in [0.5, 0.6) is 5.75 Å². The van der Waals surface area contributed by atoms with E-state index in [0.29, 0.717) is 6.61 Å². The van der Waals surface area contributed by atoms with Gasteiger partial charge in [0.1, 0.15) is 12.4 Å². The molecule has 0 spiro atoms. The molecule has 0 aromatic heterocycles. The van der Waals surface area contributed by atoms with E-state index in [4.69, 9.17) is 4.74 Å². The lowest BCUT2D eigenvalue weighted by Crippen LogP contribution is -2.15. The van der Waals surface area contributed by atoms with Crippen LogP contribution in [0.25, 0.3) is 0 Å². The van der Waals surface area contributed by atoms with E-state index in [9.17, 15) is 0 Å². The summed E-state index contributed by atoms with van der Waals surface area (Å²) in [5.74, 6) is 0.934. The molecule has 1 saturated carbocycles. The summed E-state index contributed by atoms with van der Waals surface area (Å²) in [6, 6.07) is 15.7. The highest BCUT2D eigenvalue weighted by Gasteiger charge is 2.19. The average Bonchev–Trinajstić information content (AvgIpc) is 3.32. The van der Waals surface area contributed by atoms with Crippen molar-refractivity contribution in [1.82, 2.24) is 5.32 Å². The smallest absolute Gasteiger partial charge is 0.119 e. The zero-order valence-electron chi connectivity index (χ0n) is 12.9. The fraction of sp³-hybridized carbons (Fsp3) is 0.368. The summed E-state index contributed by atoms with van der Waals surface area (Å²) in [7, 11) is 0. The Morgan fingerprint density at radius 3 is 2.33 bits per heavy atom. The van der Waals surface area contributed by atoms with Gasteiger partial charge in [-0.25, -0.2) is 0 Å². The molecule has 0 heterocycles. The second-order valence-corrected chi connectivity index (χ2v) is 6.01. The number of aryl methyl sites for hydroxylation is 2. The fourth-order valence-corrected chi connectivity index (χ4v) is 2.31. The van der Waals surface area contributed by atoms with Crippen LogP contribution in [0.4, 0.5) is 0 Å². The molecule has 2 heteroatoms. The molecular weight excluding hydrogens is 258 g/mol. The van der Waals surface area contributed by atoms with Crippen molar-refractivity contribution in [3.8, 4) is 5.75 Å². The third-order valence-electron chi connectivity index (χ3n) is 4.07. The second-order valence-electron chi connectivity index (χ2n) is 6.01. The van der Waals surface area contributed by atoms with Gasteiger partial charge < -0.3 is 10.1 Å². The van der Waals surface area contributed by atoms with Gasteiger partial charge >= 0.3 is 0 Å². The van der Waals surface area contributed by atoms with Crippen molar-refractivity contribution in [1.29, 1.82) is 0 Å². The Morgan fingerprint density at radius 2 is 1.67 bits per heavy atom. The van der Waals surface area contributed by atoms with Crippen molar-refractivity contribution >= 4 is 0 Å². The van der Waals surface area contributed by atoms with Gasteiger partial charge in [0, 0.05) is 12.6 Å². The van der Waals surface area contributed by atoms with Gasteiger partial charge in [0.15, 0.2) is 0 Å². The van der Waals surface area contributed by atoms with Gasteiger partial charge in [-0.2, -0.15) is 0 Å². The van der Waals surface area contributed by atoms with Crippen LogP contribution in [-0.2, 0) is 13.2 Å². The topological polar surface area (TPSA) is 21.3 Å². The van der Waals surface area contributed by atoms with Gasteiger partial charge in [-0.15, -0.1) is 0 Å². The highest BCUT2D eigenvalue weighted by molar-refractivity contribution is 5.31. The molecule has 0 atom stereocenters. The Hall–Kier alpha value is -1.80. The van der Waals surface area contributed by atoms with Gasteiger partial charge in [-0.05, 0) is 61.1 Å². The van der Waals surface area contributed by atoms with Crippen molar-refractivity contribution in [2.75, 3.05) is 0 Å². The molecule has 1 aliphatic carbocycles. The normalized spacial score (nSPS) is 14.2. The molecular formula is C19H23NO. The first-order chi connectivity index (χ1) is 10.2. The van der Waals surface area contributed by atoms with E-state index in [0.717, 1.165) is 18.3 Å². The van der Waals surface area contributed by atoms with Crippen LogP contribution in [0.2, 0.25) is 0 Å². The minimum atomic E-state index is 0.626. The molecule has 3 rings (SSSR count). The average molecular weight is 281 g/mol. The summed E-state index contributed by atoms with van der Waals surface area (Å²) in [5.41, 5.74) is 5.18. The Kier molecular flexibility index (Phi) is 4.26. The minimum absolute atomic E-state index is 0.626. The van der Waals surface area contributed by atoms with Crippen LogP contribution in [-0.4, -0.2) is 6.04 Å². The van der Waals surface area contributed by atoms with Crippen LogP contribution in [0.1, 0.15) is 35.1 Å². The SMILES string of the molecule is Cc1ccc(COc2ccc(CNC3CC3)cc2)cc1C. The first-order valence-electron chi connectivity index (χ1n) is 7.72. The van der Waals surface area contributed by atoms with E-state index in [1.165, 1.54) is 35.1 Å². The van der Waals surface area contributed by atoms with Gasteiger partial charge in [0.25, 0.3) is 0 Å². The number of hydrogen-bond donors (Lipinski definition) is 1. The Morgan fingerprint density at radius 1 is 0.952 bits per heavy atom. The Bertz CT molecular complexity index is 599. The molecule has 0 bridgehead atoms. The first kappa shape index (κ1) is 14.2. The first-order valence-corrected chi connectivity index (χ1v) is 7.72. The van der Waals surface area contributed by atoms with Gasteiger partial charge in [-0.3, -0.25) is 0 Å². The third kappa shape index (κ3) is 4.08. The van der Waals surface area contributed by atoms with E-state index in [1.807, 2.05) is 0 Å². The van der Waals surface area contributed by atoms with Gasteiger partial charge in [-0.1, -0.05) is 30.3 Å². The zero-order valence-corrected chi connectivity index (χ0v) is 12.9. The molecule has 1 N–H and O–H groups in total. The van der Waals surface area contributed by atoms with Crippen LogP contribution >= 0.6 is 0 Å². The number of hydrogen-bond acceptors (Lipinski definition) is 2.